The van der Waals surface area contributed by atoms with Gasteiger partial charge in [0.1, 0.15) is 11.9 Å². The maximum Gasteiger partial charge on any atom is 0.309 e. The Balaban J connectivity index is 1.84. The zero-order chi connectivity index (χ0) is 27.5. The molecule has 208 valence electrons. The molecule has 2 fully saturated rings. The van der Waals surface area contributed by atoms with Crippen LogP contribution in [-0.4, -0.2) is 62.7 Å². The minimum Gasteiger partial charge on any atom is -0.458 e. The molecule has 3 heterocycles. The maximum absolute atomic E-state index is 13.3. The van der Waals surface area contributed by atoms with E-state index in [9.17, 15) is 19.8 Å². The second-order valence-corrected chi connectivity index (χ2v) is 13.8. The fourth-order valence-corrected chi connectivity index (χ4v) is 6.83. The van der Waals surface area contributed by atoms with Gasteiger partial charge >= 0.3 is 5.97 Å². The molecule has 7 atom stereocenters. The summed E-state index contributed by atoms with van der Waals surface area (Å²) >= 11 is 3.28. The molecule has 1 aromatic rings. The topological polar surface area (TPSA) is 109 Å². The van der Waals surface area contributed by atoms with E-state index in [4.69, 9.17) is 9.47 Å². The van der Waals surface area contributed by atoms with Crippen LogP contribution in [0.15, 0.2) is 15.3 Å². The van der Waals surface area contributed by atoms with Crippen molar-refractivity contribution in [3.05, 3.63) is 16.6 Å². The number of thioether (sulfide) groups is 1. The van der Waals surface area contributed by atoms with Crippen LogP contribution in [0.5, 0.6) is 0 Å². The van der Waals surface area contributed by atoms with E-state index < -0.39 is 35.6 Å². The lowest BCUT2D eigenvalue weighted by Gasteiger charge is -2.34. The third-order valence-electron chi connectivity index (χ3n) is 8.06. The number of cyclic esters (lactones) is 1. The standard InChI is InChI=1S/C28H43NO6S2/c1-8-36-26-29-19(15-37-26)12-17(3)20-13-22-28(7,35-22)11-9-10-16(2)24(32)18(4)25(33)27(5,6)21(30)14-23(31)34-20/h12,15-16,18,20-22,24,30,32H,8-11,13-14H2,1-7H3/b17-12+/t16-,18+,20-,21-,22?,24-,28+/m0/s1. The Morgan fingerprint density at radius 3 is 2.65 bits per heavy atom. The van der Waals surface area contributed by atoms with Gasteiger partial charge in [0.05, 0.1) is 41.4 Å². The fraction of sp³-hybridized carbons (Fsp3) is 0.750. The van der Waals surface area contributed by atoms with Gasteiger partial charge in [0.15, 0.2) is 4.34 Å². The molecular formula is C28H43NO6S2. The van der Waals surface area contributed by atoms with Crippen molar-refractivity contribution in [2.75, 3.05) is 5.75 Å². The maximum atomic E-state index is 13.3. The second kappa shape index (κ2) is 12.3. The van der Waals surface area contributed by atoms with Crippen LogP contribution in [0.2, 0.25) is 0 Å². The summed E-state index contributed by atoms with van der Waals surface area (Å²) in [6, 6.07) is 0. The van der Waals surface area contributed by atoms with Crippen LogP contribution < -0.4 is 0 Å². The molecule has 0 bridgehead atoms. The number of thiazole rings is 1. The van der Waals surface area contributed by atoms with E-state index in [0.29, 0.717) is 6.42 Å². The van der Waals surface area contributed by atoms with Crippen molar-refractivity contribution in [1.29, 1.82) is 0 Å². The first-order chi connectivity index (χ1) is 17.3. The number of hydrogen-bond acceptors (Lipinski definition) is 9. The Hall–Kier alpha value is -1.26. The van der Waals surface area contributed by atoms with E-state index in [2.05, 4.69) is 18.8 Å². The Labute approximate surface area is 229 Å². The number of hydrogen-bond donors (Lipinski definition) is 2. The summed E-state index contributed by atoms with van der Waals surface area (Å²) in [7, 11) is 0. The molecule has 9 heteroatoms. The van der Waals surface area contributed by atoms with Crippen LogP contribution in [0.4, 0.5) is 0 Å². The van der Waals surface area contributed by atoms with Crippen molar-refractivity contribution in [2.45, 2.75) is 115 Å². The lowest BCUT2D eigenvalue weighted by Crippen LogP contribution is -2.45. The first-order valence-electron chi connectivity index (χ1n) is 13.3. The lowest BCUT2D eigenvalue weighted by atomic mass is 9.73. The van der Waals surface area contributed by atoms with Gasteiger partial charge in [0, 0.05) is 17.7 Å². The molecule has 2 N–H and O–H groups in total. The van der Waals surface area contributed by atoms with Crippen molar-refractivity contribution < 1.29 is 29.3 Å². The van der Waals surface area contributed by atoms with E-state index >= 15 is 0 Å². The largest absolute Gasteiger partial charge is 0.458 e. The van der Waals surface area contributed by atoms with E-state index in [0.717, 1.165) is 40.6 Å². The number of carbonyl (C=O) groups excluding carboxylic acids is 2. The van der Waals surface area contributed by atoms with Crippen LogP contribution in [0.3, 0.4) is 0 Å². The Morgan fingerprint density at radius 2 is 1.97 bits per heavy atom. The summed E-state index contributed by atoms with van der Waals surface area (Å²) < 4.78 is 13.0. The van der Waals surface area contributed by atoms with Gasteiger partial charge in [0.25, 0.3) is 0 Å². The van der Waals surface area contributed by atoms with Gasteiger partial charge in [-0.1, -0.05) is 52.8 Å². The number of esters is 1. The van der Waals surface area contributed by atoms with Gasteiger partial charge in [-0.3, -0.25) is 9.59 Å². The highest BCUT2D eigenvalue weighted by atomic mass is 32.2. The zero-order valence-electron chi connectivity index (χ0n) is 23.2. The molecule has 37 heavy (non-hydrogen) atoms. The van der Waals surface area contributed by atoms with Crippen molar-refractivity contribution >= 4 is 40.9 Å². The molecule has 1 unspecified atom stereocenters. The van der Waals surface area contributed by atoms with Gasteiger partial charge in [-0.2, -0.15) is 0 Å². The van der Waals surface area contributed by atoms with E-state index in [1.807, 2.05) is 25.3 Å². The molecule has 7 nitrogen and oxygen atoms in total. The number of fused-ring (bicyclic) bond motifs is 1. The van der Waals surface area contributed by atoms with Crippen molar-refractivity contribution in [3.8, 4) is 0 Å². The summed E-state index contributed by atoms with van der Waals surface area (Å²) in [6.45, 7) is 13.0. The minimum atomic E-state index is -1.23. The SMILES string of the molecule is CCSc1nc(/C=C(\C)[C@@H]2CC3O[C@]3(C)CCC[C@H](C)[C@H](O)[C@@H](C)C(=O)C(C)(C)[C@@H](O)CC(=O)O2)cs1. The number of aliphatic hydroxyl groups is 2. The molecule has 0 radical (unpaired) electrons. The zero-order valence-corrected chi connectivity index (χ0v) is 24.8. The average molecular weight is 554 g/mol. The highest BCUT2D eigenvalue weighted by molar-refractivity contribution is 8.00. The van der Waals surface area contributed by atoms with E-state index in [1.54, 1.807) is 43.9 Å². The number of aromatic nitrogens is 1. The predicted octanol–water partition coefficient (Wildman–Crippen LogP) is 5.28. The third-order valence-corrected chi connectivity index (χ3v) is 9.98. The van der Waals surface area contributed by atoms with Gasteiger partial charge in [-0.25, -0.2) is 4.98 Å². The molecular weight excluding hydrogens is 510 g/mol. The number of epoxide rings is 1. The number of rotatable bonds is 4. The van der Waals surface area contributed by atoms with Gasteiger partial charge in [0.2, 0.25) is 0 Å². The number of ether oxygens (including phenoxy) is 2. The number of nitrogens with zero attached hydrogens (tertiary/aromatic N) is 1. The molecule has 3 rings (SSSR count). The monoisotopic (exact) mass is 553 g/mol. The number of aliphatic hydroxyl groups excluding tert-OH is 2. The van der Waals surface area contributed by atoms with Crippen LogP contribution in [0.25, 0.3) is 6.08 Å². The highest BCUT2D eigenvalue weighted by Crippen LogP contribution is 2.45. The molecule has 2 aliphatic rings. The number of ketones is 1. The summed E-state index contributed by atoms with van der Waals surface area (Å²) in [5, 5.41) is 23.8. The van der Waals surface area contributed by atoms with Crippen LogP contribution >= 0.6 is 23.1 Å². The molecule has 0 aromatic carbocycles. The first kappa shape index (κ1) is 30.3. The average Bonchev–Trinajstić information content (AvgIpc) is 3.24. The summed E-state index contributed by atoms with van der Waals surface area (Å²) in [5.74, 6) is -0.602. The molecule has 2 aliphatic heterocycles. The third kappa shape index (κ3) is 7.44. The first-order valence-corrected chi connectivity index (χ1v) is 15.2. The molecule has 0 spiro atoms. The summed E-state index contributed by atoms with van der Waals surface area (Å²) in [5.41, 5.74) is 0.180. The molecule has 0 saturated carbocycles. The van der Waals surface area contributed by atoms with Crippen LogP contribution in [0.1, 0.15) is 86.3 Å². The summed E-state index contributed by atoms with van der Waals surface area (Å²) in [4.78, 5) is 30.9. The quantitative estimate of drug-likeness (QED) is 0.294. The van der Waals surface area contributed by atoms with Crippen molar-refractivity contribution in [1.82, 2.24) is 4.98 Å². The number of Topliss-reactive ketones (excluding diaryl/α,β-unsaturated/α-hetero) is 1. The van der Waals surface area contributed by atoms with Crippen LogP contribution in [0, 0.1) is 17.3 Å². The fourth-order valence-electron chi connectivity index (χ4n) is 5.15. The lowest BCUT2D eigenvalue weighted by molar-refractivity contribution is -0.154. The molecule has 2 saturated heterocycles. The normalized spacial score (nSPS) is 36.1. The molecule has 0 amide bonds. The Kier molecular flexibility index (Phi) is 10.1. The Morgan fingerprint density at radius 1 is 1.27 bits per heavy atom. The summed E-state index contributed by atoms with van der Waals surface area (Å²) in [6.07, 6.45) is 1.98. The second-order valence-electron chi connectivity index (χ2n) is 11.4. The Bertz CT molecular complexity index is 991. The van der Waals surface area contributed by atoms with Gasteiger partial charge < -0.3 is 19.7 Å². The van der Waals surface area contributed by atoms with E-state index in [-0.39, 0.29) is 29.8 Å². The van der Waals surface area contributed by atoms with Crippen molar-refractivity contribution in [2.24, 2.45) is 17.3 Å². The molecule has 0 aliphatic carbocycles. The van der Waals surface area contributed by atoms with E-state index in [1.165, 1.54) is 0 Å². The van der Waals surface area contributed by atoms with Gasteiger partial charge in [-0.15, -0.1) is 11.3 Å². The van der Waals surface area contributed by atoms with Crippen molar-refractivity contribution in [3.63, 3.8) is 0 Å². The molecule has 1 aromatic heterocycles. The highest BCUT2D eigenvalue weighted by Gasteiger charge is 2.53. The number of carbonyl (C=O) groups is 2. The van der Waals surface area contributed by atoms with Crippen LogP contribution in [-0.2, 0) is 19.1 Å². The predicted molar refractivity (Wildman–Crippen MR) is 148 cm³/mol. The smallest absolute Gasteiger partial charge is 0.309 e. The minimum absolute atomic E-state index is 0.0507. The van der Waals surface area contributed by atoms with Gasteiger partial charge in [-0.05, 0) is 50.0 Å².